The highest BCUT2D eigenvalue weighted by Gasteiger charge is 2.27. The second kappa shape index (κ2) is 5.46. The molecule has 1 fully saturated rings. The predicted octanol–water partition coefficient (Wildman–Crippen LogP) is 1.89. The van der Waals surface area contributed by atoms with Gasteiger partial charge in [0, 0.05) is 43.5 Å². The summed E-state index contributed by atoms with van der Waals surface area (Å²) in [6.07, 6.45) is 1.04. The molecule has 0 saturated carbocycles. The first-order chi connectivity index (χ1) is 8.12. The van der Waals surface area contributed by atoms with E-state index in [1.807, 2.05) is 11.3 Å². The molecule has 2 heterocycles. The van der Waals surface area contributed by atoms with Gasteiger partial charge in [0.2, 0.25) is 0 Å². The smallest absolute Gasteiger partial charge is 0.0997 e. The summed E-state index contributed by atoms with van der Waals surface area (Å²) in [6.45, 7) is 12.5. The molecule has 3 nitrogen and oxygen atoms in total. The predicted molar refractivity (Wildman–Crippen MR) is 73.8 cm³/mol. The zero-order valence-electron chi connectivity index (χ0n) is 11.1. The van der Waals surface area contributed by atoms with Crippen molar-refractivity contribution in [2.45, 2.75) is 32.6 Å². The summed E-state index contributed by atoms with van der Waals surface area (Å²) >= 11 is 1.82. The molecular formula is C13H23N3S. The Labute approximate surface area is 108 Å². The van der Waals surface area contributed by atoms with Crippen LogP contribution in [0.15, 0.2) is 5.38 Å². The van der Waals surface area contributed by atoms with Crippen molar-refractivity contribution >= 4 is 11.3 Å². The molecule has 1 aliphatic rings. The van der Waals surface area contributed by atoms with Crippen molar-refractivity contribution in [2.75, 3.05) is 32.7 Å². The first-order valence-electron chi connectivity index (χ1n) is 6.50. The number of nitrogens with one attached hydrogen (secondary N) is 1. The second-order valence-corrected chi connectivity index (χ2v) is 6.27. The highest BCUT2D eigenvalue weighted by atomic mass is 32.1. The van der Waals surface area contributed by atoms with E-state index in [1.165, 1.54) is 10.7 Å². The molecule has 0 aromatic carbocycles. The van der Waals surface area contributed by atoms with E-state index >= 15 is 0 Å². The van der Waals surface area contributed by atoms with E-state index in [1.54, 1.807) is 0 Å². The average Bonchev–Trinajstić information content (AvgIpc) is 2.79. The molecule has 1 N–H and O–H groups in total. The van der Waals surface area contributed by atoms with Gasteiger partial charge in [0.1, 0.15) is 0 Å². The molecule has 0 radical (unpaired) electrons. The van der Waals surface area contributed by atoms with Gasteiger partial charge in [-0.05, 0) is 6.42 Å². The van der Waals surface area contributed by atoms with Crippen molar-refractivity contribution in [3.8, 4) is 0 Å². The van der Waals surface area contributed by atoms with Gasteiger partial charge in [-0.2, -0.15) is 0 Å². The van der Waals surface area contributed by atoms with E-state index in [0.717, 1.165) is 39.1 Å². The van der Waals surface area contributed by atoms with E-state index in [2.05, 4.69) is 36.4 Å². The highest BCUT2D eigenvalue weighted by Crippen LogP contribution is 2.27. The Morgan fingerprint density at radius 3 is 2.71 bits per heavy atom. The van der Waals surface area contributed by atoms with Gasteiger partial charge in [-0.15, -0.1) is 11.3 Å². The molecule has 0 atom stereocenters. The van der Waals surface area contributed by atoms with Crippen LogP contribution in [0.2, 0.25) is 0 Å². The molecule has 96 valence electrons. The summed E-state index contributed by atoms with van der Waals surface area (Å²) in [6, 6.07) is 0. The molecule has 4 heteroatoms. The fourth-order valence-electron chi connectivity index (χ4n) is 2.28. The SMILES string of the molecule is CCc1csc(C(C)(C)CN2CCNCC2)n1. The van der Waals surface area contributed by atoms with Gasteiger partial charge >= 0.3 is 0 Å². The van der Waals surface area contributed by atoms with Crippen molar-refractivity contribution in [1.82, 2.24) is 15.2 Å². The number of aryl methyl sites for hydroxylation is 1. The molecule has 1 aromatic heterocycles. The maximum Gasteiger partial charge on any atom is 0.0997 e. The van der Waals surface area contributed by atoms with Crippen LogP contribution in [0.4, 0.5) is 0 Å². The number of thiazole rings is 1. The van der Waals surface area contributed by atoms with Gasteiger partial charge < -0.3 is 5.32 Å². The van der Waals surface area contributed by atoms with Gasteiger partial charge in [-0.25, -0.2) is 4.98 Å². The summed E-state index contributed by atoms with van der Waals surface area (Å²) < 4.78 is 0. The molecule has 1 aromatic rings. The van der Waals surface area contributed by atoms with E-state index in [9.17, 15) is 0 Å². The standard InChI is InChI=1S/C13H23N3S/c1-4-11-9-17-12(15-11)13(2,3)10-16-7-5-14-6-8-16/h9,14H,4-8,10H2,1-3H3. The molecule has 0 bridgehead atoms. The van der Waals surface area contributed by atoms with Gasteiger partial charge in [0.25, 0.3) is 0 Å². The van der Waals surface area contributed by atoms with Crippen molar-refractivity contribution in [1.29, 1.82) is 0 Å². The van der Waals surface area contributed by atoms with Crippen LogP contribution >= 0.6 is 11.3 Å². The third-order valence-electron chi connectivity index (χ3n) is 3.32. The second-order valence-electron chi connectivity index (χ2n) is 5.41. The minimum absolute atomic E-state index is 0.176. The lowest BCUT2D eigenvalue weighted by Crippen LogP contribution is -2.47. The largest absolute Gasteiger partial charge is 0.314 e. The zero-order chi connectivity index (χ0) is 12.3. The quantitative estimate of drug-likeness (QED) is 0.888. The lowest BCUT2D eigenvalue weighted by atomic mass is 9.93. The van der Waals surface area contributed by atoms with Crippen LogP contribution in [0, 0.1) is 0 Å². The number of nitrogens with zero attached hydrogens (tertiary/aromatic N) is 2. The van der Waals surface area contributed by atoms with Gasteiger partial charge in [-0.3, -0.25) is 4.90 Å². The molecule has 2 rings (SSSR count). The lowest BCUT2D eigenvalue weighted by molar-refractivity contribution is 0.199. The van der Waals surface area contributed by atoms with Crippen LogP contribution in [-0.4, -0.2) is 42.6 Å². The Bertz CT molecular complexity index is 353. The Kier molecular flexibility index (Phi) is 4.17. The summed E-state index contributed by atoms with van der Waals surface area (Å²) in [5, 5.41) is 6.89. The Hall–Kier alpha value is -0.450. The molecule has 0 unspecified atom stereocenters. The molecule has 0 spiro atoms. The maximum atomic E-state index is 4.74. The van der Waals surface area contributed by atoms with Crippen LogP contribution in [0.5, 0.6) is 0 Å². The molecular weight excluding hydrogens is 230 g/mol. The lowest BCUT2D eigenvalue weighted by Gasteiger charge is -2.34. The minimum atomic E-state index is 0.176. The molecule has 1 saturated heterocycles. The number of hydrogen-bond acceptors (Lipinski definition) is 4. The fraction of sp³-hybridized carbons (Fsp3) is 0.769. The third-order valence-corrected chi connectivity index (χ3v) is 4.58. The highest BCUT2D eigenvalue weighted by molar-refractivity contribution is 7.09. The first-order valence-corrected chi connectivity index (χ1v) is 7.38. The monoisotopic (exact) mass is 253 g/mol. The van der Waals surface area contributed by atoms with Crippen molar-refractivity contribution in [3.05, 3.63) is 16.1 Å². The first kappa shape index (κ1) is 13.0. The van der Waals surface area contributed by atoms with E-state index in [4.69, 9.17) is 4.98 Å². The third kappa shape index (κ3) is 3.27. The fourth-order valence-corrected chi connectivity index (χ4v) is 3.30. The van der Waals surface area contributed by atoms with Crippen LogP contribution in [0.3, 0.4) is 0 Å². The molecule has 1 aliphatic heterocycles. The van der Waals surface area contributed by atoms with Crippen LogP contribution < -0.4 is 5.32 Å². The van der Waals surface area contributed by atoms with E-state index in [-0.39, 0.29) is 5.41 Å². The van der Waals surface area contributed by atoms with Crippen LogP contribution in [-0.2, 0) is 11.8 Å². The zero-order valence-corrected chi connectivity index (χ0v) is 11.9. The van der Waals surface area contributed by atoms with Crippen molar-refractivity contribution < 1.29 is 0 Å². The Morgan fingerprint density at radius 1 is 1.41 bits per heavy atom. The number of rotatable bonds is 4. The van der Waals surface area contributed by atoms with Crippen LogP contribution in [0.25, 0.3) is 0 Å². The van der Waals surface area contributed by atoms with Crippen molar-refractivity contribution in [2.24, 2.45) is 0 Å². The minimum Gasteiger partial charge on any atom is -0.314 e. The van der Waals surface area contributed by atoms with Crippen LogP contribution in [0.1, 0.15) is 31.5 Å². The summed E-state index contributed by atoms with van der Waals surface area (Å²) in [5.74, 6) is 0. The molecule has 17 heavy (non-hydrogen) atoms. The summed E-state index contributed by atoms with van der Waals surface area (Å²) in [7, 11) is 0. The van der Waals surface area contributed by atoms with E-state index < -0.39 is 0 Å². The van der Waals surface area contributed by atoms with Gasteiger partial charge in [-0.1, -0.05) is 20.8 Å². The number of piperazine rings is 1. The Balaban J connectivity index is 2.01. The number of hydrogen-bond donors (Lipinski definition) is 1. The van der Waals surface area contributed by atoms with E-state index in [0.29, 0.717) is 0 Å². The topological polar surface area (TPSA) is 28.2 Å². The summed E-state index contributed by atoms with van der Waals surface area (Å²) in [5.41, 5.74) is 1.41. The number of aromatic nitrogens is 1. The maximum absolute atomic E-state index is 4.74. The molecule has 0 amide bonds. The van der Waals surface area contributed by atoms with Crippen molar-refractivity contribution in [3.63, 3.8) is 0 Å². The Morgan fingerprint density at radius 2 is 2.12 bits per heavy atom. The normalized spacial score (nSPS) is 18.5. The van der Waals surface area contributed by atoms with Gasteiger partial charge in [0.05, 0.1) is 10.7 Å². The average molecular weight is 253 g/mol. The summed E-state index contributed by atoms with van der Waals surface area (Å²) in [4.78, 5) is 7.29. The van der Waals surface area contributed by atoms with Gasteiger partial charge in [0.15, 0.2) is 0 Å². The molecule has 0 aliphatic carbocycles.